The van der Waals surface area contributed by atoms with Gasteiger partial charge >= 0.3 is 12.1 Å². The first-order chi connectivity index (χ1) is 19.4. The van der Waals surface area contributed by atoms with Crippen LogP contribution < -0.4 is 10.2 Å². The molecule has 1 aromatic rings. The SMILES string of the molecule is CC1CCC(C(=O)N(c2cc(C#CC(C)(C)C)sc2C(=O)O)[C@@H](C)CCNC(=O)O[C@H]2CO[C@H]3OCCC[C@H]32)CC1. The molecule has 226 valence electrons. The zero-order chi connectivity index (χ0) is 29.7. The molecule has 3 fully saturated rings. The van der Waals surface area contributed by atoms with Gasteiger partial charge in [0, 0.05) is 36.4 Å². The minimum absolute atomic E-state index is 0.0448. The number of thiophene rings is 1. The third-order valence-electron chi connectivity index (χ3n) is 8.08. The smallest absolute Gasteiger partial charge is 0.407 e. The lowest BCUT2D eigenvalue weighted by atomic mass is 9.82. The van der Waals surface area contributed by atoms with Gasteiger partial charge in [-0.1, -0.05) is 18.8 Å². The molecular formula is C31H44N2O7S. The van der Waals surface area contributed by atoms with Crippen molar-refractivity contribution in [2.24, 2.45) is 23.2 Å². The Morgan fingerprint density at radius 2 is 1.93 bits per heavy atom. The van der Waals surface area contributed by atoms with E-state index >= 15 is 0 Å². The fourth-order valence-corrected chi connectivity index (χ4v) is 6.58. The summed E-state index contributed by atoms with van der Waals surface area (Å²) in [4.78, 5) is 41.2. The number of anilines is 1. The van der Waals surface area contributed by atoms with E-state index < -0.39 is 12.1 Å². The summed E-state index contributed by atoms with van der Waals surface area (Å²) in [6, 6.07) is 1.38. The van der Waals surface area contributed by atoms with E-state index in [0.717, 1.165) is 49.9 Å². The number of carboxylic acids is 1. The summed E-state index contributed by atoms with van der Waals surface area (Å²) < 4.78 is 16.9. The number of nitrogens with one attached hydrogen (secondary N) is 1. The van der Waals surface area contributed by atoms with Gasteiger partial charge in [-0.3, -0.25) is 4.79 Å². The molecule has 3 heterocycles. The second-order valence-corrected chi connectivity index (χ2v) is 13.7. The van der Waals surface area contributed by atoms with Crippen molar-refractivity contribution < 1.29 is 33.7 Å². The van der Waals surface area contributed by atoms with Gasteiger partial charge in [-0.05, 0) is 84.6 Å². The van der Waals surface area contributed by atoms with Crippen LogP contribution in [-0.4, -0.2) is 61.3 Å². The maximum atomic E-state index is 14.0. The largest absolute Gasteiger partial charge is 0.477 e. The Morgan fingerprint density at radius 1 is 1.20 bits per heavy atom. The first-order valence-electron chi connectivity index (χ1n) is 14.8. The second kappa shape index (κ2) is 13.6. The van der Waals surface area contributed by atoms with E-state index in [1.54, 1.807) is 11.0 Å². The predicted octanol–water partition coefficient (Wildman–Crippen LogP) is 5.66. The molecule has 3 aliphatic rings. The summed E-state index contributed by atoms with van der Waals surface area (Å²) >= 11 is 1.10. The van der Waals surface area contributed by atoms with Gasteiger partial charge in [0.15, 0.2) is 6.29 Å². The number of alkyl carbamates (subject to hydrolysis) is 1. The van der Waals surface area contributed by atoms with E-state index in [9.17, 15) is 19.5 Å². The molecule has 2 aliphatic heterocycles. The molecular weight excluding hydrogens is 544 g/mol. The van der Waals surface area contributed by atoms with E-state index in [0.29, 0.717) is 36.1 Å². The van der Waals surface area contributed by atoms with Crippen LogP contribution in [0, 0.1) is 35.0 Å². The summed E-state index contributed by atoms with van der Waals surface area (Å²) in [6.07, 6.45) is 4.57. The van der Waals surface area contributed by atoms with E-state index in [1.807, 2.05) is 27.7 Å². The number of rotatable bonds is 8. The monoisotopic (exact) mass is 588 g/mol. The zero-order valence-corrected chi connectivity index (χ0v) is 25.7. The van der Waals surface area contributed by atoms with Gasteiger partial charge < -0.3 is 29.5 Å². The summed E-state index contributed by atoms with van der Waals surface area (Å²) in [5, 5.41) is 12.9. The molecule has 1 aliphatic carbocycles. The molecule has 0 unspecified atom stereocenters. The molecule has 0 bridgehead atoms. The van der Waals surface area contributed by atoms with Crippen LogP contribution in [0.3, 0.4) is 0 Å². The molecule has 9 nitrogen and oxygen atoms in total. The average Bonchev–Trinajstić information content (AvgIpc) is 3.52. The summed E-state index contributed by atoms with van der Waals surface area (Å²) in [6.45, 7) is 11.3. The minimum atomic E-state index is -1.08. The molecule has 0 spiro atoms. The number of carbonyl (C=O) groups is 3. The van der Waals surface area contributed by atoms with E-state index in [4.69, 9.17) is 14.2 Å². The fraction of sp³-hybridized carbons (Fsp3) is 0.710. The Kier molecular flexibility index (Phi) is 10.4. The molecule has 1 saturated carbocycles. The number of ether oxygens (including phenoxy) is 3. The fourth-order valence-electron chi connectivity index (χ4n) is 5.74. The van der Waals surface area contributed by atoms with Gasteiger partial charge in [0.1, 0.15) is 11.0 Å². The van der Waals surface area contributed by atoms with Crippen molar-refractivity contribution in [2.75, 3.05) is 24.7 Å². The van der Waals surface area contributed by atoms with Crippen LogP contribution in [0.4, 0.5) is 10.5 Å². The lowest BCUT2D eigenvalue weighted by Crippen LogP contribution is -2.45. The normalized spacial score (nSPS) is 26.7. The van der Waals surface area contributed by atoms with Crippen molar-refractivity contribution in [2.45, 2.75) is 98.0 Å². The number of carbonyl (C=O) groups excluding carboxylic acids is 2. The third kappa shape index (κ3) is 8.24. The lowest BCUT2D eigenvalue weighted by molar-refractivity contribution is -0.152. The number of aromatic carboxylic acids is 1. The van der Waals surface area contributed by atoms with Crippen LogP contribution in [0.5, 0.6) is 0 Å². The van der Waals surface area contributed by atoms with Crippen LogP contribution in [0.25, 0.3) is 0 Å². The number of fused-ring (bicyclic) bond motifs is 1. The standard InChI is InChI=1S/C31H44N2O7S/c1-19-8-10-21(11-9-19)27(34)33(24-17-22(12-14-31(3,4)5)41-26(24)28(35)36)20(2)13-15-32-30(37)40-25-18-39-29-23(25)7-6-16-38-29/h17,19-21,23,25,29H,6-11,13,15-16,18H2,1-5H3,(H,32,37)(H,35,36)/t19?,20-,21?,23-,25-,29+/m0/s1. The van der Waals surface area contributed by atoms with Crippen LogP contribution in [0.15, 0.2) is 6.07 Å². The topological polar surface area (TPSA) is 114 Å². The Labute approximate surface area is 247 Å². The molecule has 2 amide bonds. The summed E-state index contributed by atoms with van der Waals surface area (Å²) in [5.41, 5.74) is 0.135. The van der Waals surface area contributed by atoms with Gasteiger partial charge in [0.05, 0.1) is 17.2 Å². The molecule has 10 heteroatoms. The average molecular weight is 589 g/mol. The highest BCUT2D eigenvalue weighted by Crippen LogP contribution is 2.37. The molecule has 1 aromatic heterocycles. The van der Waals surface area contributed by atoms with Gasteiger partial charge in [-0.25, -0.2) is 9.59 Å². The lowest BCUT2D eigenvalue weighted by Gasteiger charge is -2.35. The molecule has 41 heavy (non-hydrogen) atoms. The minimum Gasteiger partial charge on any atom is -0.477 e. The Morgan fingerprint density at radius 3 is 2.61 bits per heavy atom. The van der Waals surface area contributed by atoms with Crippen molar-refractivity contribution in [3.8, 4) is 11.8 Å². The number of amides is 2. The number of carboxylic acid groups (broad SMARTS) is 1. The maximum Gasteiger partial charge on any atom is 0.407 e. The van der Waals surface area contributed by atoms with Crippen molar-refractivity contribution >= 4 is 35.0 Å². The van der Waals surface area contributed by atoms with Crippen LogP contribution >= 0.6 is 11.3 Å². The Balaban J connectivity index is 1.47. The van der Waals surface area contributed by atoms with E-state index in [2.05, 4.69) is 24.1 Å². The first kappa shape index (κ1) is 31.3. The quantitative estimate of drug-likeness (QED) is 0.377. The number of hydrogen-bond donors (Lipinski definition) is 2. The van der Waals surface area contributed by atoms with E-state index in [1.165, 1.54) is 0 Å². The predicted molar refractivity (Wildman–Crippen MR) is 157 cm³/mol. The highest BCUT2D eigenvalue weighted by Gasteiger charge is 2.42. The number of hydrogen-bond acceptors (Lipinski definition) is 7. The second-order valence-electron chi connectivity index (χ2n) is 12.7. The van der Waals surface area contributed by atoms with Gasteiger partial charge in [0.25, 0.3) is 0 Å². The Hall–Kier alpha value is -2.61. The zero-order valence-electron chi connectivity index (χ0n) is 24.9. The number of nitrogens with zero attached hydrogens (tertiary/aromatic N) is 1. The molecule has 4 atom stereocenters. The van der Waals surface area contributed by atoms with Crippen LogP contribution in [0.2, 0.25) is 0 Å². The van der Waals surface area contributed by atoms with Crippen LogP contribution in [-0.2, 0) is 19.0 Å². The molecule has 4 rings (SSSR count). The van der Waals surface area contributed by atoms with Crippen molar-refractivity contribution in [3.05, 3.63) is 15.8 Å². The van der Waals surface area contributed by atoms with Crippen molar-refractivity contribution in [1.82, 2.24) is 5.32 Å². The molecule has 0 radical (unpaired) electrons. The molecule has 2 saturated heterocycles. The summed E-state index contributed by atoms with van der Waals surface area (Å²) in [5.74, 6) is 5.59. The maximum absolute atomic E-state index is 14.0. The highest BCUT2D eigenvalue weighted by atomic mass is 32.1. The third-order valence-corrected chi connectivity index (χ3v) is 9.10. The van der Waals surface area contributed by atoms with Crippen LogP contribution in [0.1, 0.15) is 94.1 Å². The van der Waals surface area contributed by atoms with E-state index in [-0.39, 0.29) is 53.0 Å². The molecule has 0 aromatic carbocycles. The van der Waals surface area contributed by atoms with Crippen molar-refractivity contribution in [1.29, 1.82) is 0 Å². The molecule has 2 N–H and O–H groups in total. The Bertz CT molecular complexity index is 1160. The highest BCUT2D eigenvalue weighted by molar-refractivity contribution is 7.15. The first-order valence-corrected chi connectivity index (χ1v) is 15.7. The van der Waals surface area contributed by atoms with Gasteiger partial charge in [0.2, 0.25) is 5.91 Å². The van der Waals surface area contributed by atoms with Crippen molar-refractivity contribution in [3.63, 3.8) is 0 Å². The van der Waals surface area contributed by atoms with Gasteiger partial charge in [-0.2, -0.15) is 0 Å². The van der Waals surface area contributed by atoms with Gasteiger partial charge in [-0.15, -0.1) is 11.3 Å². The summed E-state index contributed by atoms with van der Waals surface area (Å²) in [7, 11) is 0.